The van der Waals surface area contributed by atoms with Crippen molar-refractivity contribution in [3.05, 3.63) is 10.4 Å². The van der Waals surface area contributed by atoms with Crippen LogP contribution in [0.3, 0.4) is 0 Å². The second kappa shape index (κ2) is 42.6. The van der Waals surface area contributed by atoms with Gasteiger partial charge < -0.3 is 68.0 Å². The zero-order chi connectivity index (χ0) is 45.9. The number of nitrogens with one attached hydrogen (secondary N) is 1. The Morgan fingerprint density at radius 2 is 0.651 bits per heavy atom. The van der Waals surface area contributed by atoms with E-state index in [1.54, 1.807) is 14.7 Å². The summed E-state index contributed by atoms with van der Waals surface area (Å²) < 4.78 is 54.4. The number of carboxylic acids is 3. The van der Waals surface area contributed by atoms with Crippen LogP contribution in [0.2, 0.25) is 0 Å². The highest BCUT2D eigenvalue weighted by molar-refractivity contribution is 5.78. The molecule has 0 aliphatic carbocycles. The van der Waals surface area contributed by atoms with Crippen LogP contribution in [-0.4, -0.2) is 282 Å². The van der Waals surface area contributed by atoms with Gasteiger partial charge >= 0.3 is 17.9 Å². The van der Waals surface area contributed by atoms with E-state index in [2.05, 4.69) is 15.3 Å². The van der Waals surface area contributed by atoms with E-state index in [-0.39, 0.29) is 45.2 Å². The van der Waals surface area contributed by atoms with E-state index in [4.69, 9.17) is 52.9 Å². The predicted octanol–water partition coefficient (Wildman–Crippen LogP) is -1.95. The lowest BCUT2D eigenvalue weighted by atomic mass is 10.3. The van der Waals surface area contributed by atoms with Gasteiger partial charge in [-0.05, 0) is 5.53 Å². The Labute approximate surface area is 369 Å². The highest BCUT2D eigenvalue weighted by atomic mass is 16.6. The van der Waals surface area contributed by atoms with E-state index < -0.39 is 17.9 Å². The maximum absolute atomic E-state index is 12.8. The average molecular weight is 913 g/mol. The van der Waals surface area contributed by atoms with Crippen molar-refractivity contribution in [1.82, 2.24) is 24.9 Å². The molecule has 0 atom stereocenters. The summed E-state index contributed by atoms with van der Waals surface area (Å²) >= 11 is 0. The summed E-state index contributed by atoms with van der Waals surface area (Å²) in [6.07, 6.45) is 0. The summed E-state index contributed by atoms with van der Waals surface area (Å²) in [5.41, 5.74) is 8.16. The Morgan fingerprint density at radius 1 is 0.413 bits per heavy atom. The fourth-order valence-electron chi connectivity index (χ4n) is 5.54. The lowest BCUT2D eigenvalue weighted by molar-refractivity contribution is -0.140. The van der Waals surface area contributed by atoms with E-state index in [1.165, 1.54) is 0 Å². The fourth-order valence-corrected chi connectivity index (χ4v) is 5.54. The molecule has 63 heavy (non-hydrogen) atoms. The number of carbonyl (C=O) groups is 4. The van der Waals surface area contributed by atoms with Crippen molar-refractivity contribution >= 4 is 23.8 Å². The summed E-state index contributed by atoms with van der Waals surface area (Å²) in [5, 5.41) is 34.3. The van der Waals surface area contributed by atoms with Gasteiger partial charge in [0.1, 0.15) is 0 Å². The first-order valence-electron chi connectivity index (χ1n) is 21.3. The first-order chi connectivity index (χ1) is 30.7. The highest BCUT2D eigenvalue weighted by Crippen LogP contribution is 2.02. The Morgan fingerprint density at radius 3 is 0.905 bits per heavy atom. The molecule has 4 N–H and O–H groups in total. The third-order valence-electron chi connectivity index (χ3n) is 8.69. The summed E-state index contributed by atoms with van der Waals surface area (Å²) in [6.45, 7) is 10.9. The van der Waals surface area contributed by atoms with Gasteiger partial charge in [-0.3, -0.25) is 38.8 Å². The molecule has 0 spiro atoms. The molecule has 0 radical (unpaired) electrons. The number of carboxylic acid groups (broad SMARTS) is 3. The van der Waals surface area contributed by atoms with Gasteiger partial charge in [0.25, 0.3) is 0 Å². The number of azide groups is 1. The summed E-state index contributed by atoms with van der Waals surface area (Å²) in [4.78, 5) is 56.7. The van der Waals surface area contributed by atoms with Crippen LogP contribution in [-0.2, 0) is 66.5 Å². The summed E-state index contributed by atoms with van der Waals surface area (Å²) in [5.74, 6) is -3.30. The molecule has 0 saturated carbocycles. The van der Waals surface area contributed by atoms with E-state index in [9.17, 15) is 34.5 Å². The maximum Gasteiger partial charge on any atom is 0.317 e. The van der Waals surface area contributed by atoms with E-state index in [0.717, 1.165) is 0 Å². The van der Waals surface area contributed by atoms with Crippen molar-refractivity contribution in [2.24, 2.45) is 5.11 Å². The summed E-state index contributed by atoms with van der Waals surface area (Å²) in [7, 11) is 0. The SMILES string of the molecule is [N-]=[N+]=NCCOCCOCCOCCOCCOCCOCCOCCOCCOCCOCCNC(=O)CN1CCN(CC(=O)O)CCN(CC(=O)O)CCN(CC(=O)O)CC1. The molecular weight excluding hydrogens is 840 g/mol. The first kappa shape index (κ1) is 57.6. The van der Waals surface area contributed by atoms with Crippen LogP contribution in [0.4, 0.5) is 0 Å². The van der Waals surface area contributed by atoms with Crippen LogP contribution in [0.25, 0.3) is 10.4 Å². The zero-order valence-corrected chi connectivity index (χ0v) is 36.7. The fraction of sp³-hybridized carbons (Fsp3) is 0.895. The van der Waals surface area contributed by atoms with Gasteiger partial charge in [0, 0.05) is 70.4 Å². The van der Waals surface area contributed by atoms with Crippen molar-refractivity contribution in [3.63, 3.8) is 0 Å². The number of nitrogens with zero attached hydrogens (tertiary/aromatic N) is 7. The molecule has 0 aromatic rings. The maximum atomic E-state index is 12.8. The molecular formula is C38H72N8O17. The summed E-state index contributed by atoms with van der Waals surface area (Å²) in [6, 6.07) is 0. The van der Waals surface area contributed by atoms with E-state index in [0.29, 0.717) is 184 Å². The predicted molar refractivity (Wildman–Crippen MR) is 224 cm³/mol. The molecule has 25 heteroatoms. The average Bonchev–Trinajstić information content (AvgIpc) is 3.24. The van der Waals surface area contributed by atoms with Crippen molar-refractivity contribution in [2.75, 3.05) is 224 Å². The van der Waals surface area contributed by atoms with Gasteiger partial charge in [-0.25, -0.2) is 0 Å². The Kier molecular flexibility index (Phi) is 39.0. The first-order valence-corrected chi connectivity index (χ1v) is 21.3. The second-order valence-corrected chi connectivity index (χ2v) is 13.7. The Bertz CT molecular complexity index is 1180. The Hall–Kier alpha value is -3.37. The molecule has 0 aromatic heterocycles. The quantitative estimate of drug-likeness (QED) is 0.0224. The van der Waals surface area contributed by atoms with Crippen LogP contribution < -0.4 is 5.32 Å². The van der Waals surface area contributed by atoms with Gasteiger partial charge in [0.15, 0.2) is 0 Å². The molecule has 25 nitrogen and oxygen atoms in total. The Balaban J connectivity index is 1.98. The van der Waals surface area contributed by atoms with Gasteiger partial charge in [-0.2, -0.15) is 0 Å². The lowest BCUT2D eigenvalue weighted by Gasteiger charge is -2.32. The minimum absolute atomic E-state index is 0.0303. The van der Waals surface area contributed by atoms with Crippen molar-refractivity contribution in [3.8, 4) is 0 Å². The third kappa shape index (κ3) is 39.9. The molecule has 1 aliphatic heterocycles. The minimum atomic E-state index is -1.02. The standard InChI is InChI=1S/C38H72N8O17/c39-42-41-2-12-55-14-16-57-18-20-59-22-24-61-26-28-63-30-29-62-27-25-60-23-21-58-19-17-56-15-13-54-11-1-40-35(47)31-43-3-5-44(32-36(48)49)7-9-46(34-38(52)53)10-8-45(6-4-43)33-37(50)51/h1-34H2,(H,40,47)(H,48,49)(H,50,51)(H,52,53). The minimum Gasteiger partial charge on any atom is -0.480 e. The molecule has 1 amide bonds. The molecule has 0 unspecified atom stereocenters. The molecule has 366 valence electrons. The molecule has 1 fully saturated rings. The molecule has 1 rings (SSSR count). The number of hydrogen-bond acceptors (Lipinski definition) is 19. The van der Waals surface area contributed by atoms with Gasteiger partial charge in [-0.1, -0.05) is 5.11 Å². The van der Waals surface area contributed by atoms with E-state index >= 15 is 0 Å². The third-order valence-corrected chi connectivity index (χ3v) is 8.69. The lowest BCUT2D eigenvalue weighted by Crippen LogP contribution is -2.50. The second-order valence-electron chi connectivity index (χ2n) is 13.7. The van der Waals surface area contributed by atoms with Crippen LogP contribution in [0, 0.1) is 0 Å². The van der Waals surface area contributed by atoms with Crippen LogP contribution in [0.5, 0.6) is 0 Å². The topological polar surface area (TPSA) is 295 Å². The number of ether oxygens (including phenoxy) is 10. The highest BCUT2D eigenvalue weighted by Gasteiger charge is 2.21. The van der Waals surface area contributed by atoms with Gasteiger partial charge in [0.05, 0.1) is 158 Å². The van der Waals surface area contributed by atoms with E-state index in [1.807, 2.05) is 4.90 Å². The molecule has 1 aliphatic rings. The number of carbonyl (C=O) groups excluding carboxylic acids is 1. The zero-order valence-electron chi connectivity index (χ0n) is 36.7. The number of hydrogen-bond donors (Lipinski definition) is 4. The van der Waals surface area contributed by atoms with Crippen LogP contribution in [0.15, 0.2) is 5.11 Å². The number of aliphatic carboxylic acids is 3. The van der Waals surface area contributed by atoms with Crippen LogP contribution in [0.1, 0.15) is 0 Å². The number of amides is 1. The van der Waals surface area contributed by atoms with Crippen LogP contribution >= 0.6 is 0 Å². The molecule has 1 saturated heterocycles. The van der Waals surface area contributed by atoms with Crippen molar-refractivity contribution < 1.29 is 81.9 Å². The molecule has 1 heterocycles. The monoisotopic (exact) mass is 913 g/mol. The largest absolute Gasteiger partial charge is 0.480 e. The smallest absolute Gasteiger partial charge is 0.317 e. The van der Waals surface area contributed by atoms with Gasteiger partial charge in [0.2, 0.25) is 5.91 Å². The molecule has 0 bridgehead atoms. The van der Waals surface area contributed by atoms with Crippen molar-refractivity contribution in [1.29, 1.82) is 0 Å². The number of rotatable bonds is 41. The van der Waals surface area contributed by atoms with Crippen molar-refractivity contribution in [2.45, 2.75) is 0 Å². The normalized spacial score (nSPS) is 15.0. The molecule has 0 aromatic carbocycles. The van der Waals surface area contributed by atoms with Gasteiger partial charge in [-0.15, -0.1) is 0 Å².